The second-order valence-corrected chi connectivity index (χ2v) is 9.08. The average Bonchev–Trinajstić information content (AvgIpc) is 2.70. The lowest BCUT2D eigenvalue weighted by Gasteiger charge is -2.29. The molecule has 0 atom stereocenters. The van der Waals surface area contributed by atoms with Crippen LogP contribution in [0.25, 0.3) is 0 Å². The third kappa shape index (κ3) is 10.8. The van der Waals surface area contributed by atoms with Crippen molar-refractivity contribution in [2.45, 2.75) is 84.5 Å². The number of guanidine groups is 2. The summed E-state index contributed by atoms with van der Waals surface area (Å²) in [5.74, 6) is 2.01. The summed E-state index contributed by atoms with van der Waals surface area (Å²) < 4.78 is 0. The summed E-state index contributed by atoms with van der Waals surface area (Å²) in [5, 5.41) is 13.5. The molecule has 2 aliphatic rings. The van der Waals surface area contributed by atoms with Gasteiger partial charge in [0.25, 0.3) is 0 Å². The van der Waals surface area contributed by atoms with Crippen molar-refractivity contribution < 1.29 is 0 Å². The highest BCUT2D eigenvalue weighted by Gasteiger charge is 2.21. The largest absolute Gasteiger partial charge is 0.356 e. The Bertz CT molecular complexity index is 472. The highest BCUT2D eigenvalue weighted by molar-refractivity contribution is 5.80. The smallest absolute Gasteiger partial charge is 0.191 e. The number of nitrogens with one attached hydrogen (secondary N) is 4. The van der Waals surface area contributed by atoms with Crippen LogP contribution in [0.3, 0.4) is 0 Å². The third-order valence-corrected chi connectivity index (χ3v) is 5.49. The van der Waals surface area contributed by atoms with E-state index in [2.05, 4.69) is 45.1 Å². The molecule has 6 nitrogen and oxygen atoms in total. The lowest BCUT2D eigenvalue weighted by Crippen LogP contribution is -2.47. The summed E-state index contributed by atoms with van der Waals surface area (Å²) in [5.41, 5.74) is 0.295. The minimum atomic E-state index is 0.295. The Balaban J connectivity index is 1.28. The first-order valence-electron chi connectivity index (χ1n) is 11.7. The van der Waals surface area contributed by atoms with E-state index in [0.717, 1.165) is 57.6 Å². The van der Waals surface area contributed by atoms with Crippen LogP contribution in [0.5, 0.6) is 0 Å². The number of hydrogen-bond acceptors (Lipinski definition) is 6. The Morgan fingerprint density at radius 1 is 0.750 bits per heavy atom. The summed E-state index contributed by atoms with van der Waals surface area (Å²) >= 11 is 0. The molecule has 2 aliphatic heterocycles. The van der Waals surface area contributed by atoms with Gasteiger partial charge in [-0.1, -0.05) is 65.2 Å². The Labute approximate surface area is 172 Å². The lowest BCUT2D eigenvalue weighted by atomic mass is 9.93. The van der Waals surface area contributed by atoms with Gasteiger partial charge in [-0.25, -0.2) is 0 Å². The van der Waals surface area contributed by atoms with Crippen LogP contribution in [0, 0.1) is 5.41 Å². The van der Waals surface area contributed by atoms with Gasteiger partial charge in [-0.3, -0.25) is 9.98 Å². The van der Waals surface area contributed by atoms with E-state index in [1.807, 2.05) is 0 Å². The van der Waals surface area contributed by atoms with Crippen LogP contribution in [0.15, 0.2) is 9.98 Å². The van der Waals surface area contributed by atoms with Crippen molar-refractivity contribution in [2.75, 3.05) is 39.3 Å². The summed E-state index contributed by atoms with van der Waals surface area (Å²) in [6.45, 7) is 10.6. The minimum absolute atomic E-state index is 0.295. The van der Waals surface area contributed by atoms with Crippen LogP contribution in [0.4, 0.5) is 0 Å². The second kappa shape index (κ2) is 13.7. The summed E-state index contributed by atoms with van der Waals surface area (Å²) in [6, 6.07) is 0. The minimum Gasteiger partial charge on any atom is -0.356 e. The first-order valence-corrected chi connectivity index (χ1v) is 11.7. The fourth-order valence-electron chi connectivity index (χ4n) is 3.58. The van der Waals surface area contributed by atoms with E-state index in [1.54, 1.807) is 0 Å². The third-order valence-electron chi connectivity index (χ3n) is 5.49. The van der Waals surface area contributed by atoms with Crippen LogP contribution >= 0.6 is 0 Å². The maximum absolute atomic E-state index is 4.58. The molecule has 0 aromatic carbocycles. The van der Waals surface area contributed by atoms with E-state index in [9.17, 15) is 0 Å². The summed E-state index contributed by atoms with van der Waals surface area (Å²) in [7, 11) is 0. The normalized spacial score (nSPS) is 18.5. The van der Waals surface area contributed by atoms with Crippen LogP contribution < -0.4 is 21.3 Å². The number of nitrogens with zero attached hydrogens (tertiary/aromatic N) is 2. The lowest BCUT2D eigenvalue weighted by molar-refractivity contribution is 0.358. The van der Waals surface area contributed by atoms with E-state index in [-0.39, 0.29) is 0 Å². The van der Waals surface area contributed by atoms with Crippen LogP contribution in [0.2, 0.25) is 0 Å². The van der Waals surface area contributed by atoms with Crippen LogP contribution in [-0.4, -0.2) is 51.2 Å². The maximum Gasteiger partial charge on any atom is 0.191 e. The maximum atomic E-state index is 4.58. The molecule has 6 heteroatoms. The Hall–Kier alpha value is -1.46. The number of rotatable bonds is 13. The van der Waals surface area contributed by atoms with Gasteiger partial charge in [0.2, 0.25) is 0 Å². The van der Waals surface area contributed by atoms with Gasteiger partial charge in [-0.2, -0.15) is 0 Å². The Morgan fingerprint density at radius 2 is 1.29 bits per heavy atom. The molecule has 0 spiro atoms. The highest BCUT2D eigenvalue weighted by Crippen LogP contribution is 2.16. The van der Waals surface area contributed by atoms with Crippen molar-refractivity contribution >= 4 is 11.9 Å². The predicted octanol–water partition coefficient (Wildman–Crippen LogP) is 3.40. The first kappa shape index (κ1) is 22.8. The highest BCUT2D eigenvalue weighted by atomic mass is 15.2. The Morgan fingerprint density at radius 3 is 1.75 bits per heavy atom. The molecule has 0 saturated carbocycles. The molecule has 4 N–H and O–H groups in total. The molecule has 0 radical (unpaired) electrons. The quantitative estimate of drug-likeness (QED) is 0.363. The monoisotopic (exact) mass is 392 g/mol. The van der Waals surface area contributed by atoms with Gasteiger partial charge in [-0.15, -0.1) is 0 Å². The second-order valence-electron chi connectivity index (χ2n) is 9.08. The molecule has 0 fully saturated rings. The molecular formula is C22H44N6. The van der Waals surface area contributed by atoms with E-state index in [1.165, 1.54) is 64.2 Å². The van der Waals surface area contributed by atoms with Crippen molar-refractivity contribution in [3.63, 3.8) is 0 Å². The molecule has 0 aromatic heterocycles. The molecule has 28 heavy (non-hydrogen) atoms. The SMILES string of the molecule is CC1(C)CN=C(NCCCCCCCCCCCCNC2=NCCCN2)NC1. The van der Waals surface area contributed by atoms with E-state index < -0.39 is 0 Å². The van der Waals surface area contributed by atoms with Gasteiger partial charge < -0.3 is 21.3 Å². The zero-order valence-corrected chi connectivity index (χ0v) is 18.4. The molecule has 2 rings (SSSR count). The van der Waals surface area contributed by atoms with Crippen molar-refractivity contribution in [3.05, 3.63) is 0 Å². The van der Waals surface area contributed by atoms with Gasteiger partial charge in [0.1, 0.15) is 0 Å². The van der Waals surface area contributed by atoms with Crippen LogP contribution in [0.1, 0.15) is 84.5 Å². The number of hydrogen-bond donors (Lipinski definition) is 4. The molecule has 0 amide bonds. The predicted molar refractivity (Wildman–Crippen MR) is 121 cm³/mol. The van der Waals surface area contributed by atoms with Gasteiger partial charge in [-0.05, 0) is 19.3 Å². The molecule has 0 unspecified atom stereocenters. The standard InChI is InChI=1S/C22H44N6/c1-22(2)18-27-21(28-19-22)24-15-12-10-8-6-4-3-5-7-9-11-14-23-20-25-16-13-17-26-20/h3-19H2,1-2H3,(H2,23,25,26)(H2,24,27,28). The molecule has 162 valence electrons. The molecule has 0 bridgehead atoms. The van der Waals surface area contributed by atoms with Gasteiger partial charge in [0.15, 0.2) is 11.9 Å². The number of aliphatic imine (C=N–C) groups is 2. The molecule has 0 aromatic rings. The van der Waals surface area contributed by atoms with Crippen LogP contribution in [-0.2, 0) is 0 Å². The van der Waals surface area contributed by atoms with Crippen molar-refractivity contribution in [3.8, 4) is 0 Å². The van der Waals surface area contributed by atoms with Gasteiger partial charge >= 0.3 is 0 Å². The molecular weight excluding hydrogens is 348 g/mol. The Kier molecular flexibility index (Phi) is 11.1. The zero-order valence-electron chi connectivity index (χ0n) is 18.4. The fraction of sp³-hybridized carbons (Fsp3) is 0.909. The van der Waals surface area contributed by atoms with E-state index in [4.69, 9.17) is 0 Å². The molecule has 0 aliphatic carbocycles. The van der Waals surface area contributed by atoms with Crippen molar-refractivity contribution in [2.24, 2.45) is 15.4 Å². The summed E-state index contributed by atoms with van der Waals surface area (Å²) in [6.07, 6.45) is 14.6. The fourth-order valence-corrected chi connectivity index (χ4v) is 3.58. The van der Waals surface area contributed by atoms with Crippen molar-refractivity contribution in [1.29, 1.82) is 0 Å². The van der Waals surface area contributed by atoms with Gasteiger partial charge in [0.05, 0.1) is 0 Å². The zero-order chi connectivity index (χ0) is 19.9. The summed E-state index contributed by atoms with van der Waals surface area (Å²) in [4.78, 5) is 9.02. The van der Waals surface area contributed by atoms with Crippen molar-refractivity contribution in [1.82, 2.24) is 21.3 Å². The topological polar surface area (TPSA) is 72.8 Å². The number of unbranched alkanes of at least 4 members (excludes halogenated alkanes) is 9. The first-order chi connectivity index (χ1) is 13.7. The van der Waals surface area contributed by atoms with Gasteiger partial charge in [0, 0.05) is 44.7 Å². The molecule has 0 saturated heterocycles. The van der Waals surface area contributed by atoms with E-state index in [0.29, 0.717) is 5.41 Å². The van der Waals surface area contributed by atoms with E-state index >= 15 is 0 Å². The average molecular weight is 393 g/mol. The molecule has 2 heterocycles.